The highest BCUT2D eigenvalue weighted by Crippen LogP contribution is 2.75. The van der Waals surface area contributed by atoms with Crippen molar-refractivity contribution in [3.63, 3.8) is 0 Å². The van der Waals surface area contributed by atoms with Crippen molar-refractivity contribution < 1.29 is 9.90 Å². The van der Waals surface area contributed by atoms with Gasteiger partial charge in [-0.1, -0.05) is 19.4 Å². The van der Waals surface area contributed by atoms with Crippen molar-refractivity contribution in [3.05, 3.63) is 11.6 Å². The van der Waals surface area contributed by atoms with Gasteiger partial charge in [0.05, 0.1) is 5.60 Å². The Bertz CT molecular complexity index is 640. The summed E-state index contributed by atoms with van der Waals surface area (Å²) in [7, 11) is 0. The van der Waals surface area contributed by atoms with Crippen molar-refractivity contribution in [1.29, 1.82) is 0 Å². The lowest BCUT2D eigenvalue weighted by atomic mass is 9.44. The third-order valence-electron chi connectivity index (χ3n) is 9.68. The van der Waals surface area contributed by atoms with Gasteiger partial charge in [-0.15, -0.1) is 0 Å². The highest BCUT2D eigenvalue weighted by Gasteiger charge is 2.67. The molecule has 132 valence electrons. The van der Waals surface area contributed by atoms with Crippen LogP contribution in [-0.4, -0.2) is 16.5 Å². The number of carbonyl (C=O) groups is 1. The van der Waals surface area contributed by atoms with E-state index in [1.165, 1.54) is 32.1 Å². The highest BCUT2D eigenvalue weighted by atomic mass is 16.3. The van der Waals surface area contributed by atoms with Crippen molar-refractivity contribution in [2.45, 2.75) is 84.2 Å². The summed E-state index contributed by atoms with van der Waals surface area (Å²) < 4.78 is 0. The summed E-state index contributed by atoms with van der Waals surface area (Å²) in [4.78, 5) is 12.1. The van der Waals surface area contributed by atoms with E-state index in [9.17, 15) is 9.90 Å². The number of fused-ring (bicyclic) bond motifs is 6. The van der Waals surface area contributed by atoms with E-state index in [0.717, 1.165) is 37.5 Å². The van der Waals surface area contributed by atoms with Crippen molar-refractivity contribution >= 4 is 5.78 Å². The predicted molar refractivity (Wildman–Crippen MR) is 94.4 cm³/mol. The molecule has 4 fully saturated rings. The minimum atomic E-state index is -0.487. The quantitative estimate of drug-likeness (QED) is 0.702. The van der Waals surface area contributed by atoms with Crippen LogP contribution in [0.3, 0.4) is 0 Å². The molecule has 5 aliphatic carbocycles. The number of hydrogen-bond acceptors (Lipinski definition) is 2. The van der Waals surface area contributed by atoms with E-state index in [1.807, 2.05) is 0 Å². The van der Waals surface area contributed by atoms with Gasteiger partial charge >= 0.3 is 0 Å². The van der Waals surface area contributed by atoms with Gasteiger partial charge < -0.3 is 5.11 Å². The smallest absolute Gasteiger partial charge is 0.155 e. The Morgan fingerprint density at radius 1 is 1.00 bits per heavy atom. The molecule has 0 saturated heterocycles. The first-order valence-electron chi connectivity index (χ1n) is 10.2. The molecule has 2 nitrogen and oxygen atoms in total. The monoisotopic (exact) mass is 328 g/mol. The summed E-state index contributed by atoms with van der Waals surface area (Å²) in [5, 5.41) is 11.1. The van der Waals surface area contributed by atoms with Crippen LogP contribution >= 0.6 is 0 Å². The van der Waals surface area contributed by atoms with Crippen molar-refractivity contribution in [3.8, 4) is 0 Å². The van der Waals surface area contributed by atoms with E-state index in [-0.39, 0.29) is 10.8 Å². The topological polar surface area (TPSA) is 37.3 Å². The predicted octanol–water partition coefficient (Wildman–Crippen LogP) is 4.66. The van der Waals surface area contributed by atoms with E-state index >= 15 is 0 Å². The number of hydrogen-bond donors (Lipinski definition) is 1. The zero-order chi connectivity index (χ0) is 17.0. The molecule has 5 aliphatic rings. The van der Waals surface area contributed by atoms with Gasteiger partial charge in [0.1, 0.15) is 0 Å². The Morgan fingerprint density at radius 3 is 2.42 bits per heavy atom. The lowest BCUT2D eigenvalue weighted by Crippen LogP contribution is -2.55. The normalized spacial score (nSPS) is 54.8. The summed E-state index contributed by atoms with van der Waals surface area (Å²) in [6.07, 6.45) is 12.4. The van der Waals surface area contributed by atoms with Crippen LogP contribution in [0, 0.1) is 34.0 Å². The maximum Gasteiger partial charge on any atom is 0.155 e. The molecule has 0 amide bonds. The minimum absolute atomic E-state index is 0.103. The molecule has 24 heavy (non-hydrogen) atoms. The van der Waals surface area contributed by atoms with Gasteiger partial charge in [-0.2, -0.15) is 0 Å². The van der Waals surface area contributed by atoms with E-state index in [4.69, 9.17) is 0 Å². The maximum absolute atomic E-state index is 12.1. The molecule has 0 aliphatic heterocycles. The third kappa shape index (κ3) is 1.69. The number of ketones is 1. The van der Waals surface area contributed by atoms with E-state index in [2.05, 4.69) is 26.8 Å². The van der Waals surface area contributed by atoms with Gasteiger partial charge in [0, 0.05) is 6.42 Å². The fraction of sp³-hybridized carbons (Fsp3) is 0.864. The fourth-order valence-corrected chi connectivity index (χ4v) is 7.85. The first-order valence-corrected chi connectivity index (χ1v) is 10.2. The van der Waals surface area contributed by atoms with Crippen LogP contribution < -0.4 is 0 Å². The molecular weight excluding hydrogens is 296 g/mol. The Labute approximate surface area is 146 Å². The van der Waals surface area contributed by atoms with E-state index < -0.39 is 5.60 Å². The third-order valence-corrected chi connectivity index (χ3v) is 9.68. The number of carbonyl (C=O) groups excluding carboxylic acids is 1. The first kappa shape index (κ1) is 15.6. The standard InChI is InChI=1S/C22H32O2/c1-19-7-4-14(23)12-18(19)22(10-11-22)13-15-16(19)5-8-20(2)17(15)6-9-21(20,3)24/h12,15-17,24H,4-11,13H2,1-3H3/t15-,16+,17+,19-,20+,21+/m1/s1. The summed E-state index contributed by atoms with van der Waals surface area (Å²) in [6, 6.07) is 0. The average molecular weight is 328 g/mol. The Balaban J connectivity index is 1.59. The molecular formula is C22H32O2. The van der Waals surface area contributed by atoms with Crippen LogP contribution in [0.25, 0.3) is 0 Å². The summed E-state index contributed by atoms with van der Waals surface area (Å²) in [5.74, 6) is 2.54. The summed E-state index contributed by atoms with van der Waals surface area (Å²) in [6.45, 7) is 6.95. The number of rotatable bonds is 0. The van der Waals surface area contributed by atoms with E-state index in [1.54, 1.807) is 5.57 Å². The average Bonchev–Trinajstić information content (AvgIpc) is 3.23. The lowest BCUT2D eigenvalue weighted by molar-refractivity contribution is -0.129. The SMILES string of the molecule is C[C@]12CCC(=O)C=C1C1(CC1)C[C@@H]1[C@@H]2CC[C@@]2(C)[C@H]1CC[C@]2(C)O. The Hall–Kier alpha value is -0.630. The zero-order valence-electron chi connectivity index (χ0n) is 15.5. The molecule has 4 saturated carbocycles. The molecule has 6 atom stereocenters. The molecule has 0 aromatic carbocycles. The van der Waals surface area contributed by atoms with Gasteiger partial charge in [0.25, 0.3) is 0 Å². The molecule has 0 bridgehead atoms. The van der Waals surface area contributed by atoms with Crippen LogP contribution in [0.4, 0.5) is 0 Å². The second-order valence-electron chi connectivity index (χ2n) is 10.6. The molecule has 0 radical (unpaired) electrons. The van der Waals surface area contributed by atoms with Crippen LogP contribution in [-0.2, 0) is 4.79 Å². The van der Waals surface area contributed by atoms with Crippen LogP contribution in [0.15, 0.2) is 11.6 Å². The molecule has 1 N–H and O–H groups in total. The van der Waals surface area contributed by atoms with Crippen molar-refractivity contribution in [2.24, 2.45) is 34.0 Å². The number of allylic oxidation sites excluding steroid dienone is 1. The van der Waals surface area contributed by atoms with Crippen molar-refractivity contribution in [2.75, 3.05) is 0 Å². The van der Waals surface area contributed by atoms with Crippen LogP contribution in [0.2, 0.25) is 0 Å². The van der Waals surface area contributed by atoms with Gasteiger partial charge in [0.2, 0.25) is 0 Å². The van der Waals surface area contributed by atoms with Gasteiger partial charge in [-0.05, 0) is 98.4 Å². The molecule has 0 unspecified atom stereocenters. The molecule has 1 spiro atoms. The largest absolute Gasteiger partial charge is 0.390 e. The van der Waals surface area contributed by atoms with Gasteiger partial charge in [-0.25, -0.2) is 0 Å². The lowest BCUT2D eigenvalue weighted by Gasteiger charge is -2.61. The van der Waals surface area contributed by atoms with Gasteiger partial charge in [0.15, 0.2) is 5.78 Å². The van der Waals surface area contributed by atoms with Crippen LogP contribution in [0.5, 0.6) is 0 Å². The molecule has 0 aromatic heterocycles. The fourth-order valence-electron chi connectivity index (χ4n) is 7.85. The molecule has 2 heteroatoms. The Morgan fingerprint density at radius 2 is 1.71 bits per heavy atom. The molecule has 0 heterocycles. The summed E-state index contributed by atoms with van der Waals surface area (Å²) >= 11 is 0. The molecule has 5 rings (SSSR count). The first-order chi connectivity index (χ1) is 11.2. The molecule has 0 aromatic rings. The maximum atomic E-state index is 12.1. The number of aliphatic hydroxyl groups is 1. The Kier molecular flexibility index (Phi) is 2.84. The zero-order valence-corrected chi connectivity index (χ0v) is 15.5. The second-order valence-corrected chi connectivity index (χ2v) is 10.6. The second kappa shape index (κ2) is 4.37. The highest BCUT2D eigenvalue weighted by molar-refractivity contribution is 5.92. The minimum Gasteiger partial charge on any atom is -0.390 e. The van der Waals surface area contributed by atoms with Crippen molar-refractivity contribution in [1.82, 2.24) is 0 Å². The summed E-state index contributed by atoms with van der Waals surface area (Å²) in [5.41, 5.74) is 1.77. The van der Waals surface area contributed by atoms with Crippen LogP contribution in [0.1, 0.15) is 78.6 Å². The van der Waals surface area contributed by atoms with Gasteiger partial charge in [-0.3, -0.25) is 4.79 Å². The van der Waals surface area contributed by atoms with E-state index in [0.29, 0.717) is 17.1 Å².